The zero-order valence-electron chi connectivity index (χ0n) is 5.53. The van der Waals surface area contributed by atoms with E-state index in [0.29, 0.717) is 0 Å². The molecule has 0 rings (SSSR count). The highest BCUT2D eigenvalue weighted by Crippen LogP contribution is 1.85. The number of carbonyl (C=O) groups excluding carboxylic acids is 2. The van der Waals surface area contributed by atoms with Crippen LogP contribution < -0.4 is 5.73 Å². The van der Waals surface area contributed by atoms with Crippen LogP contribution in [0.5, 0.6) is 0 Å². The highest BCUT2D eigenvalue weighted by molar-refractivity contribution is 5.99. The van der Waals surface area contributed by atoms with E-state index in [1.165, 1.54) is 0 Å². The smallest absolute Gasteiger partial charge is 0.344 e. The van der Waals surface area contributed by atoms with E-state index < -0.39 is 18.0 Å². The number of hydrogen-bond donors (Lipinski definition) is 2. The summed E-state index contributed by atoms with van der Waals surface area (Å²) in [5.74, 6) is -2.10. The molecule has 0 spiro atoms. The summed E-state index contributed by atoms with van der Waals surface area (Å²) in [6.07, 6.45) is -1.83. The van der Waals surface area contributed by atoms with E-state index >= 15 is 0 Å². The lowest BCUT2D eigenvalue weighted by Crippen LogP contribution is -2.36. The minimum Gasteiger partial charge on any atom is -0.464 e. The van der Waals surface area contributed by atoms with Gasteiger partial charge < -0.3 is 15.6 Å². The first-order chi connectivity index (χ1) is 4.59. The predicted octanol–water partition coefficient (Wildman–Crippen LogP) is -1.60. The Balaban J connectivity index is 3.82. The maximum atomic E-state index is 10.4. The molecule has 0 aliphatic heterocycles. The molecule has 0 bridgehead atoms. The van der Waals surface area contributed by atoms with Crippen molar-refractivity contribution in [2.75, 3.05) is 6.61 Å². The first kappa shape index (κ1) is 8.90. The lowest BCUT2D eigenvalue weighted by Gasteiger charge is -2.03. The number of nitrogens with two attached hydrogens (primary N) is 1. The standard InChI is InChI=1S/C5H9NO4/c1-2-10-5(9)3(7)4(6)8/h3,7H,2H2,1H3,(H2,6,8). The Labute approximate surface area is 57.8 Å². The summed E-state index contributed by atoms with van der Waals surface area (Å²) >= 11 is 0. The molecule has 1 amide bonds. The van der Waals surface area contributed by atoms with E-state index in [1.807, 2.05) is 0 Å². The van der Waals surface area contributed by atoms with Crippen LogP contribution >= 0.6 is 0 Å². The third kappa shape index (κ3) is 2.45. The van der Waals surface area contributed by atoms with Crippen LogP contribution in [0.2, 0.25) is 0 Å². The molecule has 0 aliphatic rings. The number of hydrogen-bond acceptors (Lipinski definition) is 4. The van der Waals surface area contributed by atoms with Gasteiger partial charge in [-0.2, -0.15) is 0 Å². The van der Waals surface area contributed by atoms with Gasteiger partial charge in [0.25, 0.3) is 5.91 Å². The summed E-state index contributed by atoms with van der Waals surface area (Å²) in [4.78, 5) is 20.5. The highest BCUT2D eigenvalue weighted by atomic mass is 16.5. The maximum absolute atomic E-state index is 10.4. The van der Waals surface area contributed by atoms with Gasteiger partial charge in [-0.1, -0.05) is 0 Å². The van der Waals surface area contributed by atoms with Gasteiger partial charge >= 0.3 is 5.97 Å². The van der Waals surface area contributed by atoms with Crippen LogP contribution in [-0.2, 0) is 14.3 Å². The predicted molar refractivity (Wildman–Crippen MR) is 31.8 cm³/mol. The number of amides is 1. The van der Waals surface area contributed by atoms with Crippen molar-refractivity contribution in [2.45, 2.75) is 13.0 Å². The SMILES string of the molecule is CCOC(=O)C(O)C(N)=O. The lowest BCUT2D eigenvalue weighted by atomic mass is 10.3. The van der Waals surface area contributed by atoms with Gasteiger partial charge in [-0.05, 0) is 6.92 Å². The van der Waals surface area contributed by atoms with E-state index in [9.17, 15) is 9.59 Å². The minimum absolute atomic E-state index is 0.114. The van der Waals surface area contributed by atoms with Crippen molar-refractivity contribution >= 4 is 11.9 Å². The van der Waals surface area contributed by atoms with E-state index in [2.05, 4.69) is 10.5 Å². The first-order valence-corrected chi connectivity index (χ1v) is 2.73. The number of primary amides is 1. The number of aliphatic hydroxyl groups is 1. The van der Waals surface area contributed by atoms with Crippen LogP contribution in [0.4, 0.5) is 0 Å². The van der Waals surface area contributed by atoms with Gasteiger partial charge in [-0.15, -0.1) is 0 Å². The molecular weight excluding hydrogens is 138 g/mol. The number of ether oxygens (including phenoxy) is 1. The van der Waals surface area contributed by atoms with Crippen LogP contribution in [0.3, 0.4) is 0 Å². The van der Waals surface area contributed by atoms with Crippen LogP contribution in [0.15, 0.2) is 0 Å². The molecule has 0 heterocycles. The molecule has 10 heavy (non-hydrogen) atoms. The molecule has 0 fully saturated rings. The summed E-state index contributed by atoms with van der Waals surface area (Å²) in [5.41, 5.74) is 4.58. The Kier molecular flexibility index (Phi) is 3.42. The van der Waals surface area contributed by atoms with E-state index in [4.69, 9.17) is 5.11 Å². The largest absolute Gasteiger partial charge is 0.464 e. The van der Waals surface area contributed by atoms with E-state index in [0.717, 1.165) is 0 Å². The van der Waals surface area contributed by atoms with Gasteiger partial charge in [0.1, 0.15) is 0 Å². The van der Waals surface area contributed by atoms with E-state index in [1.54, 1.807) is 6.92 Å². The Bertz CT molecular complexity index is 145. The number of carbonyl (C=O) groups is 2. The molecular formula is C5H9NO4. The van der Waals surface area contributed by atoms with Gasteiger partial charge in [0.2, 0.25) is 6.10 Å². The van der Waals surface area contributed by atoms with Crippen molar-refractivity contribution in [1.82, 2.24) is 0 Å². The average molecular weight is 147 g/mol. The summed E-state index contributed by atoms with van der Waals surface area (Å²) in [7, 11) is 0. The summed E-state index contributed by atoms with van der Waals surface area (Å²) in [6.45, 7) is 1.68. The molecule has 0 aliphatic carbocycles. The molecule has 5 heteroatoms. The van der Waals surface area contributed by atoms with Crippen molar-refractivity contribution in [3.8, 4) is 0 Å². The highest BCUT2D eigenvalue weighted by Gasteiger charge is 2.21. The van der Waals surface area contributed by atoms with Gasteiger partial charge in [0, 0.05) is 0 Å². The molecule has 0 saturated heterocycles. The monoisotopic (exact) mass is 147 g/mol. The van der Waals surface area contributed by atoms with Crippen molar-refractivity contribution in [3.05, 3.63) is 0 Å². The average Bonchev–Trinajstić information content (AvgIpc) is 1.87. The number of rotatable bonds is 3. The molecule has 0 aromatic carbocycles. The van der Waals surface area contributed by atoms with Gasteiger partial charge in [-0.3, -0.25) is 4.79 Å². The maximum Gasteiger partial charge on any atom is 0.344 e. The molecule has 0 aromatic heterocycles. The second kappa shape index (κ2) is 3.84. The molecule has 1 unspecified atom stereocenters. The Morgan fingerprint density at radius 2 is 2.20 bits per heavy atom. The third-order valence-corrected chi connectivity index (χ3v) is 0.779. The van der Waals surface area contributed by atoms with Crippen LogP contribution in [-0.4, -0.2) is 29.7 Å². The Morgan fingerprint density at radius 1 is 1.70 bits per heavy atom. The molecule has 1 atom stereocenters. The lowest BCUT2D eigenvalue weighted by molar-refractivity contribution is -0.156. The number of aliphatic hydroxyl groups excluding tert-OH is 1. The second-order valence-electron chi connectivity index (χ2n) is 1.56. The fourth-order valence-corrected chi connectivity index (χ4v) is 0.337. The molecule has 3 N–H and O–H groups in total. The second-order valence-corrected chi connectivity index (χ2v) is 1.56. The summed E-state index contributed by atoms with van der Waals surface area (Å²) in [6, 6.07) is 0. The first-order valence-electron chi connectivity index (χ1n) is 2.73. The Morgan fingerprint density at radius 3 is 2.50 bits per heavy atom. The fourth-order valence-electron chi connectivity index (χ4n) is 0.337. The summed E-state index contributed by atoms with van der Waals surface area (Å²) < 4.78 is 4.28. The molecule has 5 nitrogen and oxygen atoms in total. The minimum atomic E-state index is -1.83. The quantitative estimate of drug-likeness (QED) is 0.371. The number of esters is 1. The topological polar surface area (TPSA) is 89.6 Å². The van der Waals surface area contributed by atoms with Crippen molar-refractivity contribution in [2.24, 2.45) is 5.73 Å². The van der Waals surface area contributed by atoms with Crippen molar-refractivity contribution < 1.29 is 19.4 Å². The fraction of sp³-hybridized carbons (Fsp3) is 0.600. The molecule has 58 valence electrons. The van der Waals surface area contributed by atoms with Gasteiger partial charge in [0.15, 0.2) is 0 Å². The molecule has 0 radical (unpaired) electrons. The zero-order valence-corrected chi connectivity index (χ0v) is 5.53. The van der Waals surface area contributed by atoms with Crippen molar-refractivity contribution in [1.29, 1.82) is 0 Å². The van der Waals surface area contributed by atoms with Crippen LogP contribution in [0.25, 0.3) is 0 Å². The van der Waals surface area contributed by atoms with Crippen molar-refractivity contribution in [3.63, 3.8) is 0 Å². The zero-order chi connectivity index (χ0) is 8.15. The van der Waals surface area contributed by atoms with Crippen LogP contribution in [0.1, 0.15) is 6.92 Å². The van der Waals surface area contributed by atoms with E-state index in [-0.39, 0.29) is 6.61 Å². The normalized spacial score (nSPS) is 12.2. The molecule has 0 saturated carbocycles. The van der Waals surface area contributed by atoms with Gasteiger partial charge in [0.05, 0.1) is 6.61 Å². The molecule has 0 aromatic rings. The van der Waals surface area contributed by atoms with Crippen LogP contribution in [0, 0.1) is 0 Å². The van der Waals surface area contributed by atoms with Gasteiger partial charge in [-0.25, -0.2) is 4.79 Å². The Hall–Kier alpha value is -1.10. The third-order valence-electron chi connectivity index (χ3n) is 0.779. The summed E-state index contributed by atoms with van der Waals surface area (Å²) in [5, 5.41) is 8.58.